The molecule has 35 heavy (non-hydrogen) atoms. The average molecular weight is 471 g/mol. The Morgan fingerprint density at radius 3 is 2.71 bits per heavy atom. The second-order valence-electron chi connectivity index (χ2n) is 7.60. The van der Waals surface area contributed by atoms with E-state index in [9.17, 15) is 4.79 Å². The summed E-state index contributed by atoms with van der Waals surface area (Å²) in [6.07, 6.45) is 1.30. The Bertz CT molecular complexity index is 1610. The molecule has 9 heteroatoms. The summed E-state index contributed by atoms with van der Waals surface area (Å²) in [5.74, 6) is -0.293. The number of benzene rings is 3. The molecular weight excluding hydrogens is 447 g/mol. The molecule has 0 spiro atoms. The summed E-state index contributed by atoms with van der Waals surface area (Å²) in [6, 6.07) is 11.8. The van der Waals surface area contributed by atoms with Gasteiger partial charge in [-0.2, -0.15) is 5.10 Å². The monoisotopic (exact) mass is 470 g/mol. The lowest BCUT2D eigenvalue weighted by Gasteiger charge is -2.17. The van der Waals surface area contributed by atoms with Crippen molar-refractivity contribution in [3.05, 3.63) is 93.1 Å². The smallest absolute Gasteiger partial charge is 0.275 e. The predicted molar refractivity (Wildman–Crippen MR) is 136 cm³/mol. The van der Waals surface area contributed by atoms with E-state index in [4.69, 9.17) is 22.8 Å². The zero-order valence-electron chi connectivity index (χ0n) is 19.2. The first-order valence-electron chi connectivity index (χ1n) is 10.9. The van der Waals surface area contributed by atoms with Crippen LogP contribution in [0.4, 0.5) is 10.1 Å². The quantitative estimate of drug-likeness (QED) is 0.290. The molecule has 0 aliphatic rings. The SMILES string of the molecule is [C-]#[N+]c1c(C(=NC)/C(=C\N)c2cc(OCC)c3c(=O)[nH]nc(CN)c3c2)c(F)cc2ccccc12. The van der Waals surface area contributed by atoms with Gasteiger partial charge in [-0.05, 0) is 41.5 Å². The van der Waals surface area contributed by atoms with E-state index in [1.807, 2.05) is 0 Å². The number of nitrogens with zero attached hydrogens (tertiary/aromatic N) is 3. The molecule has 0 fully saturated rings. The Balaban J connectivity index is 2.02. The summed E-state index contributed by atoms with van der Waals surface area (Å²) in [5, 5.41) is 8.49. The largest absolute Gasteiger partial charge is 0.493 e. The van der Waals surface area contributed by atoms with Gasteiger partial charge in [0.2, 0.25) is 5.69 Å². The van der Waals surface area contributed by atoms with Gasteiger partial charge in [-0.15, -0.1) is 0 Å². The zero-order chi connectivity index (χ0) is 25.1. The van der Waals surface area contributed by atoms with Crippen LogP contribution in [0.25, 0.3) is 32.0 Å². The van der Waals surface area contributed by atoms with E-state index in [0.717, 1.165) is 0 Å². The van der Waals surface area contributed by atoms with Crippen LogP contribution >= 0.6 is 0 Å². The van der Waals surface area contributed by atoms with Crippen molar-refractivity contribution < 1.29 is 9.13 Å². The molecule has 1 heterocycles. The molecular formula is C26H23FN6O2. The summed E-state index contributed by atoms with van der Waals surface area (Å²) < 4.78 is 21.2. The van der Waals surface area contributed by atoms with E-state index in [1.165, 1.54) is 19.3 Å². The van der Waals surface area contributed by atoms with Crippen molar-refractivity contribution in [1.82, 2.24) is 10.2 Å². The number of aromatic amines is 1. The van der Waals surface area contributed by atoms with Crippen LogP contribution in [-0.4, -0.2) is 29.6 Å². The lowest BCUT2D eigenvalue weighted by atomic mass is 9.91. The summed E-state index contributed by atoms with van der Waals surface area (Å²) in [7, 11) is 1.50. The highest BCUT2D eigenvalue weighted by atomic mass is 19.1. The number of fused-ring (bicyclic) bond motifs is 2. The molecule has 0 aliphatic heterocycles. The maximum absolute atomic E-state index is 15.5. The number of aliphatic imine (C=N–C) groups is 1. The highest BCUT2D eigenvalue weighted by Crippen LogP contribution is 2.37. The molecule has 0 radical (unpaired) electrons. The van der Waals surface area contributed by atoms with E-state index in [2.05, 4.69) is 20.0 Å². The van der Waals surface area contributed by atoms with Crippen LogP contribution in [0.3, 0.4) is 0 Å². The van der Waals surface area contributed by atoms with Gasteiger partial charge in [-0.25, -0.2) is 14.3 Å². The van der Waals surface area contributed by atoms with Crippen molar-refractivity contribution in [1.29, 1.82) is 0 Å². The first kappa shape index (κ1) is 23.6. The Labute approximate surface area is 200 Å². The first-order chi connectivity index (χ1) is 17.0. The van der Waals surface area contributed by atoms with Crippen molar-refractivity contribution in [3.63, 3.8) is 0 Å². The van der Waals surface area contributed by atoms with Crippen LogP contribution in [0.2, 0.25) is 0 Å². The molecule has 0 saturated carbocycles. The Kier molecular flexibility index (Phi) is 6.57. The molecule has 0 saturated heterocycles. The fourth-order valence-corrected chi connectivity index (χ4v) is 4.21. The molecule has 0 amide bonds. The van der Waals surface area contributed by atoms with Gasteiger partial charge in [0.25, 0.3) is 5.56 Å². The van der Waals surface area contributed by atoms with Crippen LogP contribution in [0, 0.1) is 12.4 Å². The molecule has 0 atom stereocenters. The van der Waals surface area contributed by atoms with Crippen LogP contribution in [0.1, 0.15) is 23.7 Å². The topological polar surface area (TPSA) is 124 Å². The molecule has 176 valence electrons. The normalized spacial score (nSPS) is 12.2. The maximum Gasteiger partial charge on any atom is 0.275 e. The fraction of sp³-hybridized carbons (Fsp3) is 0.154. The average Bonchev–Trinajstić information content (AvgIpc) is 2.87. The van der Waals surface area contributed by atoms with Gasteiger partial charge in [-0.3, -0.25) is 9.79 Å². The zero-order valence-corrected chi connectivity index (χ0v) is 19.2. The van der Waals surface area contributed by atoms with E-state index in [1.54, 1.807) is 43.3 Å². The Morgan fingerprint density at radius 1 is 1.29 bits per heavy atom. The number of hydrogen-bond acceptors (Lipinski definition) is 6. The number of aromatic nitrogens is 2. The van der Waals surface area contributed by atoms with Crippen LogP contribution in [-0.2, 0) is 6.54 Å². The first-order valence-corrected chi connectivity index (χ1v) is 10.9. The van der Waals surface area contributed by atoms with Crippen molar-refractivity contribution in [2.45, 2.75) is 13.5 Å². The molecule has 4 rings (SSSR count). The molecule has 0 unspecified atom stereocenters. The molecule has 8 nitrogen and oxygen atoms in total. The van der Waals surface area contributed by atoms with E-state index in [0.29, 0.717) is 50.7 Å². The minimum atomic E-state index is -0.596. The van der Waals surface area contributed by atoms with Crippen molar-refractivity contribution in [2.24, 2.45) is 16.5 Å². The molecule has 5 N–H and O–H groups in total. The van der Waals surface area contributed by atoms with Gasteiger partial charge in [0.05, 0.1) is 30.0 Å². The highest BCUT2D eigenvalue weighted by Gasteiger charge is 2.23. The van der Waals surface area contributed by atoms with Gasteiger partial charge in [0.1, 0.15) is 11.6 Å². The summed E-state index contributed by atoms with van der Waals surface area (Å²) in [5.41, 5.74) is 13.2. The Hall–Kier alpha value is -4.55. The number of nitrogens with one attached hydrogen (secondary N) is 1. The summed E-state index contributed by atoms with van der Waals surface area (Å²) in [6.45, 7) is 9.95. The number of allylic oxidation sites excluding steroid dienone is 1. The standard InChI is InChI=1S/C26H23FN6O2/c1-4-35-21-11-15(9-17-20(13-29)32-33-26(34)22(17)21)18(12-28)25(31-3)23-19(27)10-14-7-5-6-8-16(14)24(23)30-2/h5-12H,4,13,28-29H2,1,3H3,(H,33,34)/b18-12-,31-25?. The van der Waals surface area contributed by atoms with Gasteiger partial charge in [0, 0.05) is 36.3 Å². The Morgan fingerprint density at radius 2 is 2.06 bits per heavy atom. The van der Waals surface area contributed by atoms with Crippen molar-refractivity contribution in [3.8, 4) is 5.75 Å². The number of hydrogen-bond donors (Lipinski definition) is 3. The van der Waals surface area contributed by atoms with Crippen LogP contribution < -0.4 is 21.8 Å². The van der Waals surface area contributed by atoms with Crippen LogP contribution in [0.15, 0.2) is 58.5 Å². The lowest BCUT2D eigenvalue weighted by molar-refractivity contribution is 0.344. The number of H-pyrrole nitrogens is 1. The van der Waals surface area contributed by atoms with E-state index >= 15 is 4.39 Å². The maximum atomic E-state index is 15.5. The summed E-state index contributed by atoms with van der Waals surface area (Å²) >= 11 is 0. The predicted octanol–water partition coefficient (Wildman–Crippen LogP) is 4.04. The third-order valence-electron chi connectivity index (χ3n) is 5.70. The molecule has 0 bridgehead atoms. The second-order valence-corrected chi connectivity index (χ2v) is 7.60. The van der Waals surface area contributed by atoms with E-state index in [-0.39, 0.29) is 23.5 Å². The number of ether oxygens (including phenoxy) is 1. The number of rotatable bonds is 6. The molecule has 4 aromatic rings. The third kappa shape index (κ3) is 4.00. The van der Waals surface area contributed by atoms with Crippen molar-refractivity contribution >= 4 is 38.5 Å². The third-order valence-corrected chi connectivity index (χ3v) is 5.70. The van der Waals surface area contributed by atoms with Gasteiger partial charge in [0.15, 0.2) is 0 Å². The summed E-state index contributed by atoms with van der Waals surface area (Å²) in [4.78, 5) is 20.5. The van der Waals surface area contributed by atoms with Crippen LogP contribution in [0.5, 0.6) is 5.75 Å². The lowest BCUT2D eigenvalue weighted by Crippen LogP contribution is -2.16. The van der Waals surface area contributed by atoms with Crippen molar-refractivity contribution in [2.75, 3.05) is 13.7 Å². The second kappa shape index (κ2) is 9.75. The molecule has 3 aromatic carbocycles. The fourth-order valence-electron chi connectivity index (χ4n) is 4.21. The van der Waals surface area contributed by atoms with Gasteiger partial charge >= 0.3 is 0 Å². The van der Waals surface area contributed by atoms with Gasteiger partial charge in [-0.1, -0.05) is 24.3 Å². The van der Waals surface area contributed by atoms with Gasteiger partial charge < -0.3 is 16.2 Å². The highest BCUT2D eigenvalue weighted by molar-refractivity contribution is 6.35. The number of halogens is 1. The van der Waals surface area contributed by atoms with E-state index < -0.39 is 11.4 Å². The number of nitrogens with two attached hydrogens (primary N) is 2. The molecule has 1 aromatic heterocycles. The molecule has 0 aliphatic carbocycles. The minimum absolute atomic E-state index is 0.0408. The minimum Gasteiger partial charge on any atom is -0.493 e.